The van der Waals surface area contributed by atoms with Gasteiger partial charge in [-0.3, -0.25) is 0 Å². The molecule has 0 amide bonds. The molecular formula is C9H6BrFN2S. The Morgan fingerprint density at radius 2 is 2.21 bits per heavy atom. The number of halogens is 2. The zero-order valence-electron chi connectivity index (χ0n) is 7.00. The molecule has 5 heteroatoms. The number of hydrogen-bond acceptors (Lipinski definition) is 3. The predicted octanol–water partition coefficient (Wildman–Crippen LogP) is 3.29. The van der Waals surface area contributed by atoms with Crippen molar-refractivity contribution in [3.63, 3.8) is 0 Å². The fourth-order valence-corrected chi connectivity index (χ4v) is 2.14. The van der Waals surface area contributed by atoms with Crippen LogP contribution in [0.5, 0.6) is 0 Å². The number of rotatable bonds is 1. The van der Waals surface area contributed by atoms with Gasteiger partial charge < -0.3 is 5.73 Å². The second-order valence-corrected chi connectivity index (χ2v) is 4.48. The lowest BCUT2D eigenvalue weighted by Gasteiger charge is -1.98. The fourth-order valence-electron chi connectivity index (χ4n) is 1.07. The molecular weight excluding hydrogens is 267 g/mol. The highest BCUT2D eigenvalue weighted by molar-refractivity contribution is 9.10. The largest absolute Gasteiger partial charge is 0.383 e. The van der Waals surface area contributed by atoms with Crippen molar-refractivity contribution < 1.29 is 4.39 Å². The highest BCUT2D eigenvalue weighted by Gasteiger charge is 2.08. The zero-order chi connectivity index (χ0) is 10.1. The van der Waals surface area contributed by atoms with Gasteiger partial charge in [0, 0.05) is 15.4 Å². The summed E-state index contributed by atoms with van der Waals surface area (Å²) in [6.07, 6.45) is 0. The van der Waals surface area contributed by atoms with Gasteiger partial charge in [0.15, 0.2) is 0 Å². The standard InChI is InChI=1S/C9H6BrFN2S/c10-5-1-2-6(7(11)3-5)9-13-8(12)4-14-9/h1-4H,12H2. The number of nitrogen functional groups attached to an aromatic ring is 1. The topological polar surface area (TPSA) is 38.9 Å². The molecule has 0 aliphatic heterocycles. The molecule has 2 aromatic rings. The normalized spacial score (nSPS) is 10.4. The van der Waals surface area contributed by atoms with Crippen LogP contribution in [0.3, 0.4) is 0 Å². The molecule has 0 aliphatic rings. The Balaban J connectivity index is 2.52. The summed E-state index contributed by atoms with van der Waals surface area (Å²) in [5.41, 5.74) is 5.94. The number of thiazole rings is 1. The van der Waals surface area contributed by atoms with Gasteiger partial charge in [-0.05, 0) is 18.2 Å². The van der Waals surface area contributed by atoms with Gasteiger partial charge in [0.25, 0.3) is 0 Å². The zero-order valence-corrected chi connectivity index (χ0v) is 9.40. The Bertz CT molecular complexity index is 470. The third-order valence-electron chi connectivity index (χ3n) is 1.68. The second kappa shape index (κ2) is 3.67. The molecule has 2 nitrogen and oxygen atoms in total. The summed E-state index contributed by atoms with van der Waals surface area (Å²) < 4.78 is 14.2. The highest BCUT2D eigenvalue weighted by Crippen LogP contribution is 2.28. The number of benzene rings is 1. The maximum atomic E-state index is 13.4. The number of anilines is 1. The molecule has 0 saturated heterocycles. The van der Waals surface area contributed by atoms with Crippen molar-refractivity contribution in [2.45, 2.75) is 0 Å². The first-order valence-electron chi connectivity index (χ1n) is 3.83. The first-order valence-corrected chi connectivity index (χ1v) is 5.50. The van der Waals surface area contributed by atoms with E-state index in [1.807, 2.05) is 0 Å². The van der Waals surface area contributed by atoms with Gasteiger partial charge in [-0.25, -0.2) is 9.37 Å². The Morgan fingerprint density at radius 1 is 1.43 bits per heavy atom. The van der Waals surface area contributed by atoms with Crippen LogP contribution in [0, 0.1) is 5.82 Å². The van der Waals surface area contributed by atoms with Crippen LogP contribution >= 0.6 is 27.3 Å². The molecule has 1 heterocycles. The summed E-state index contributed by atoms with van der Waals surface area (Å²) in [7, 11) is 0. The number of hydrogen-bond donors (Lipinski definition) is 1. The number of aromatic nitrogens is 1. The van der Waals surface area contributed by atoms with Crippen LogP contribution in [0.4, 0.5) is 10.2 Å². The maximum absolute atomic E-state index is 13.4. The minimum Gasteiger partial charge on any atom is -0.383 e. The van der Waals surface area contributed by atoms with Crippen LogP contribution in [0.1, 0.15) is 0 Å². The van der Waals surface area contributed by atoms with Crippen LogP contribution in [0.25, 0.3) is 10.6 Å². The van der Waals surface area contributed by atoms with Crippen molar-refractivity contribution in [2.24, 2.45) is 0 Å². The number of nitrogens with two attached hydrogens (primary N) is 1. The molecule has 2 rings (SSSR count). The number of nitrogens with zero attached hydrogens (tertiary/aromatic N) is 1. The van der Waals surface area contributed by atoms with E-state index in [9.17, 15) is 4.39 Å². The fraction of sp³-hybridized carbons (Fsp3) is 0. The van der Waals surface area contributed by atoms with Crippen LogP contribution < -0.4 is 5.73 Å². The van der Waals surface area contributed by atoms with E-state index in [4.69, 9.17) is 5.73 Å². The maximum Gasteiger partial charge on any atom is 0.135 e. The average molecular weight is 273 g/mol. The molecule has 1 aromatic heterocycles. The Hall–Kier alpha value is -0.940. The van der Waals surface area contributed by atoms with E-state index in [1.165, 1.54) is 17.4 Å². The van der Waals surface area contributed by atoms with E-state index < -0.39 is 0 Å². The molecule has 0 saturated carbocycles. The van der Waals surface area contributed by atoms with Crippen molar-refractivity contribution in [3.8, 4) is 10.6 Å². The van der Waals surface area contributed by atoms with E-state index >= 15 is 0 Å². The Morgan fingerprint density at radius 3 is 2.79 bits per heavy atom. The van der Waals surface area contributed by atoms with Crippen molar-refractivity contribution >= 4 is 33.1 Å². The monoisotopic (exact) mass is 272 g/mol. The molecule has 0 radical (unpaired) electrons. The summed E-state index contributed by atoms with van der Waals surface area (Å²) in [6.45, 7) is 0. The smallest absolute Gasteiger partial charge is 0.135 e. The molecule has 14 heavy (non-hydrogen) atoms. The average Bonchev–Trinajstić information content (AvgIpc) is 2.51. The molecule has 0 fully saturated rings. The van der Waals surface area contributed by atoms with Gasteiger partial charge in [0.2, 0.25) is 0 Å². The second-order valence-electron chi connectivity index (χ2n) is 2.70. The summed E-state index contributed by atoms with van der Waals surface area (Å²) in [5.74, 6) is 0.126. The molecule has 0 spiro atoms. The lowest BCUT2D eigenvalue weighted by Crippen LogP contribution is -1.86. The van der Waals surface area contributed by atoms with E-state index in [1.54, 1.807) is 17.5 Å². The van der Waals surface area contributed by atoms with Crippen LogP contribution in [-0.4, -0.2) is 4.98 Å². The minimum absolute atomic E-state index is 0.297. The van der Waals surface area contributed by atoms with E-state index in [0.717, 1.165) is 0 Å². The van der Waals surface area contributed by atoms with Crippen molar-refractivity contribution in [1.29, 1.82) is 0 Å². The summed E-state index contributed by atoms with van der Waals surface area (Å²) in [6, 6.07) is 4.86. The third-order valence-corrected chi connectivity index (χ3v) is 3.07. The minimum atomic E-state index is -0.297. The van der Waals surface area contributed by atoms with Gasteiger partial charge in [0.05, 0.1) is 0 Å². The molecule has 0 aliphatic carbocycles. The summed E-state index contributed by atoms with van der Waals surface area (Å²) >= 11 is 4.52. The lowest BCUT2D eigenvalue weighted by atomic mass is 10.2. The molecule has 0 unspecified atom stereocenters. The van der Waals surface area contributed by atoms with Crippen molar-refractivity contribution in [1.82, 2.24) is 4.98 Å². The van der Waals surface area contributed by atoms with Gasteiger partial charge in [0.1, 0.15) is 16.6 Å². The summed E-state index contributed by atoms with van der Waals surface area (Å²) in [5, 5.41) is 2.30. The van der Waals surface area contributed by atoms with E-state index in [0.29, 0.717) is 20.9 Å². The lowest BCUT2D eigenvalue weighted by molar-refractivity contribution is 0.630. The highest BCUT2D eigenvalue weighted by atomic mass is 79.9. The van der Waals surface area contributed by atoms with Gasteiger partial charge in [-0.15, -0.1) is 11.3 Å². The van der Waals surface area contributed by atoms with Crippen LogP contribution in [0.2, 0.25) is 0 Å². The van der Waals surface area contributed by atoms with Gasteiger partial charge in [-0.1, -0.05) is 15.9 Å². The summed E-state index contributed by atoms with van der Waals surface area (Å²) in [4.78, 5) is 4.01. The predicted molar refractivity (Wildman–Crippen MR) is 59.6 cm³/mol. The van der Waals surface area contributed by atoms with Crippen LogP contribution in [0.15, 0.2) is 28.1 Å². The molecule has 2 N–H and O–H groups in total. The first-order chi connectivity index (χ1) is 6.66. The van der Waals surface area contributed by atoms with Crippen molar-refractivity contribution in [3.05, 3.63) is 33.9 Å². The third kappa shape index (κ3) is 1.78. The Kier molecular flexibility index (Phi) is 2.52. The van der Waals surface area contributed by atoms with Gasteiger partial charge in [-0.2, -0.15) is 0 Å². The van der Waals surface area contributed by atoms with Crippen molar-refractivity contribution in [2.75, 3.05) is 5.73 Å². The molecule has 0 atom stereocenters. The van der Waals surface area contributed by atoms with Gasteiger partial charge >= 0.3 is 0 Å². The van der Waals surface area contributed by atoms with E-state index in [2.05, 4.69) is 20.9 Å². The SMILES string of the molecule is Nc1csc(-c2ccc(Br)cc2F)n1. The molecule has 0 bridgehead atoms. The molecule has 1 aromatic carbocycles. The molecule has 72 valence electrons. The Labute approximate surface area is 92.7 Å². The first kappa shape index (κ1) is 9.61. The van der Waals surface area contributed by atoms with E-state index in [-0.39, 0.29) is 5.82 Å². The quantitative estimate of drug-likeness (QED) is 0.865. The van der Waals surface area contributed by atoms with Crippen LogP contribution in [-0.2, 0) is 0 Å².